The molecule has 0 bridgehead atoms. The van der Waals surface area contributed by atoms with E-state index in [2.05, 4.69) is 0 Å². The zero-order chi connectivity index (χ0) is 17.6. The minimum atomic E-state index is -3.27. The molecule has 24 heavy (non-hydrogen) atoms. The average Bonchev–Trinajstić information content (AvgIpc) is 2.99. The molecule has 0 atom stereocenters. The van der Waals surface area contributed by atoms with E-state index in [1.165, 1.54) is 23.7 Å². The SMILES string of the molecule is CS(=O)(=O)c1cccc(OCCn2cccc2C=CC(=O)NO)c1. The van der Waals surface area contributed by atoms with Gasteiger partial charge in [-0.2, -0.15) is 0 Å². The van der Waals surface area contributed by atoms with Crippen molar-refractivity contribution in [2.24, 2.45) is 0 Å². The number of sulfone groups is 1. The van der Waals surface area contributed by atoms with Crippen LogP contribution in [-0.2, 0) is 21.2 Å². The fourth-order valence-electron chi connectivity index (χ4n) is 2.04. The number of amides is 1. The van der Waals surface area contributed by atoms with Gasteiger partial charge in [0.25, 0.3) is 5.91 Å². The van der Waals surface area contributed by atoms with Gasteiger partial charge in [0.1, 0.15) is 12.4 Å². The third-order valence-corrected chi connectivity index (χ3v) is 4.33. The van der Waals surface area contributed by atoms with Crippen LogP contribution >= 0.6 is 0 Å². The van der Waals surface area contributed by atoms with Crippen LogP contribution in [0.5, 0.6) is 5.75 Å². The van der Waals surface area contributed by atoms with E-state index in [9.17, 15) is 13.2 Å². The second-order valence-corrected chi connectivity index (χ2v) is 7.05. The number of ether oxygens (including phenoxy) is 1. The molecule has 2 N–H and O–H groups in total. The summed E-state index contributed by atoms with van der Waals surface area (Å²) >= 11 is 0. The molecule has 0 radical (unpaired) electrons. The van der Waals surface area contributed by atoms with Crippen molar-refractivity contribution in [3.8, 4) is 5.75 Å². The average molecular weight is 350 g/mol. The fraction of sp³-hybridized carbons (Fsp3) is 0.188. The van der Waals surface area contributed by atoms with Crippen molar-refractivity contribution in [1.29, 1.82) is 0 Å². The third-order valence-electron chi connectivity index (χ3n) is 3.21. The lowest BCUT2D eigenvalue weighted by molar-refractivity contribution is -0.124. The third kappa shape index (κ3) is 4.97. The molecule has 0 unspecified atom stereocenters. The predicted octanol–water partition coefficient (Wildman–Crippen LogP) is 1.49. The van der Waals surface area contributed by atoms with E-state index in [-0.39, 0.29) is 4.90 Å². The summed E-state index contributed by atoms with van der Waals surface area (Å²) in [5.74, 6) is -0.140. The molecule has 0 saturated heterocycles. The fourth-order valence-corrected chi connectivity index (χ4v) is 2.69. The molecule has 128 valence electrons. The highest BCUT2D eigenvalue weighted by molar-refractivity contribution is 7.90. The number of rotatable bonds is 7. The molecule has 0 saturated carbocycles. The molecule has 0 spiro atoms. The van der Waals surface area contributed by atoms with Crippen molar-refractivity contribution in [2.75, 3.05) is 12.9 Å². The molecule has 2 aromatic rings. The summed E-state index contributed by atoms with van der Waals surface area (Å²) in [7, 11) is -3.27. The second-order valence-electron chi connectivity index (χ2n) is 5.03. The highest BCUT2D eigenvalue weighted by atomic mass is 32.2. The molecular formula is C16H18N2O5S. The Hall–Kier alpha value is -2.58. The van der Waals surface area contributed by atoms with Gasteiger partial charge in [-0.15, -0.1) is 0 Å². The van der Waals surface area contributed by atoms with Crippen LogP contribution in [0.15, 0.2) is 53.6 Å². The van der Waals surface area contributed by atoms with Crippen molar-refractivity contribution in [1.82, 2.24) is 10.0 Å². The molecule has 2 rings (SSSR count). The van der Waals surface area contributed by atoms with Crippen molar-refractivity contribution >= 4 is 21.8 Å². The van der Waals surface area contributed by atoms with Crippen LogP contribution in [0, 0.1) is 0 Å². The van der Waals surface area contributed by atoms with Crippen LogP contribution in [0.1, 0.15) is 5.69 Å². The van der Waals surface area contributed by atoms with E-state index in [1.807, 2.05) is 22.9 Å². The number of nitrogens with zero attached hydrogens (tertiary/aromatic N) is 1. The van der Waals surface area contributed by atoms with Crippen LogP contribution < -0.4 is 10.2 Å². The number of aromatic nitrogens is 1. The summed E-state index contributed by atoms with van der Waals surface area (Å²) in [6, 6.07) is 9.95. The summed E-state index contributed by atoms with van der Waals surface area (Å²) in [5.41, 5.74) is 2.29. The van der Waals surface area contributed by atoms with E-state index in [0.717, 1.165) is 11.9 Å². The van der Waals surface area contributed by atoms with Gasteiger partial charge in [-0.1, -0.05) is 6.07 Å². The van der Waals surface area contributed by atoms with Crippen molar-refractivity contribution < 1.29 is 23.2 Å². The smallest absolute Gasteiger partial charge is 0.267 e. The first kappa shape index (κ1) is 17.8. The van der Waals surface area contributed by atoms with Gasteiger partial charge >= 0.3 is 0 Å². The number of hydrogen-bond acceptors (Lipinski definition) is 5. The molecule has 7 nitrogen and oxygen atoms in total. The minimum absolute atomic E-state index is 0.208. The predicted molar refractivity (Wildman–Crippen MR) is 88.4 cm³/mol. The largest absolute Gasteiger partial charge is 0.492 e. The number of nitrogens with one attached hydrogen (secondary N) is 1. The van der Waals surface area contributed by atoms with E-state index < -0.39 is 15.7 Å². The summed E-state index contributed by atoms with van der Waals surface area (Å²) in [6.45, 7) is 0.839. The van der Waals surface area contributed by atoms with Gasteiger partial charge in [-0.05, 0) is 36.4 Å². The molecule has 0 aliphatic heterocycles. The van der Waals surface area contributed by atoms with Crippen LogP contribution in [0.2, 0.25) is 0 Å². The quantitative estimate of drug-likeness (QED) is 0.448. The first-order valence-corrected chi connectivity index (χ1v) is 8.99. The number of benzene rings is 1. The monoisotopic (exact) mass is 350 g/mol. The van der Waals surface area contributed by atoms with Crippen LogP contribution in [-0.4, -0.2) is 37.0 Å². The topological polar surface area (TPSA) is 97.6 Å². The molecule has 1 heterocycles. The summed E-state index contributed by atoms with van der Waals surface area (Å²) in [6.07, 6.45) is 5.75. The maximum absolute atomic E-state index is 11.5. The Morgan fingerprint density at radius 2 is 2.12 bits per heavy atom. The maximum Gasteiger partial charge on any atom is 0.267 e. The lowest BCUT2D eigenvalue weighted by atomic mass is 10.3. The van der Waals surface area contributed by atoms with E-state index in [1.54, 1.807) is 18.2 Å². The molecule has 1 aromatic carbocycles. The summed E-state index contributed by atoms with van der Waals surface area (Å²) in [4.78, 5) is 11.2. The Morgan fingerprint density at radius 3 is 2.83 bits per heavy atom. The van der Waals surface area contributed by atoms with Crippen LogP contribution in [0.25, 0.3) is 6.08 Å². The highest BCUT2D eigenvalue weighted by Gasteiger charge is 2.08. The van der Waals surface area contributed by atoms with Gasteiger partial charge in [-0.3, -0.25) is 10.0 Å². The Balaban J connectivity index is 1.97. The summed E-state index contributed by atoms with van der Waals surface area (Å²) < 4.78 is 30.5. The Morgan fingerprint density at radius 1 is 1.33 bits per heavy atom. The van der Waals surface area contributed by atoms with Crippen molar-refractivity contribution in [3.63, 3.8) is 0 Å². The Kier molecular flexibility index (Phi) is 5.78. The van der Waals surface area contributed by atoms with Crippen molar-refractivity contribution in [3.05, 3.63) is 54.4 Å². The first-order chi connectivity index (χ1) is 11.4. The van der Waals surface area contributed by atoms with Crippen molar-refractivity contribution in [2.45, 2.75) is 11.4 Å². The molecular weight excluding hydrogens is 332 g/mol. The summed E-state index contributed by atoms with van der Waals surface area (Å²) in [5, 5.41) is 8.46. The van der Waals surface area contributed by atoms with Gasteiger partial charge in [0, 0.05) is 24.2 Å². The second kappa shape index (κ2) is 7.80. The standard InChI is InChI=1S/C16H18N2O5S/c1-24(21,22)15-6-2-5-14(12-15)23-11-10-18-9-3-4-13(18)7-8-16(19)17-20/h2-9,12,20H,10-11H2,1H3,(H,17,19). The van der Waals surface area contributed by atoms with E-state index in [0.29, 0.717) is 18.9 Å². The molecule has 0 fully saturated rings. The van der Waals surface area contributed by atoms with Crippen LogP contribution in [0.3, 0.4) is 0 Å². The van der Waals surface area contributed by atoms with Gasteiger partial charge in [0.05, 0.1) is 11.4 Å². The number of hydrogen-bond donors (Lipinski definition) is 2. The molecule has 1 aromatic heterocycles. The number of carbonyl (C=O) groups is 1. The maximum atomic E-state index is 11.5. The van der Waals surface area contributed by atoms with Gasteiger partial charge in [0.15, 0.2) is 9.84 Å². The van der Waals surface area contributed by atoms with Gasteiger partial charge < -0.3 is 9.30 Å². The van der Waals surface area contributed by atoms with E-state index in [4.69, 9.17) is 9.94 Å². The number of hydroxylamine groups is 1. The van der Waals surface area contributed by atoms with Gasteiger partial charge in [-0.25, -0.2) is 13.9 Å². The Labute approximate surface area is 140 Å². The zero-order valence-corrected chi connectivity index (χ0v) is 13.9. The molecule has 8 heteroatoms. The lowest BCUT2D eigenvalue weighted by Crippen LogP contribution is -2.15. The van der Waals surface area contributed by atoms with E-state index >= 15 is 0 Å². The number of carbonyl (C=O) groups excluding carboxylic acids is 1. The molecule has 0 aliphatic carbocycles. The highest BCUT2D eigenvalue weighted by Crippen LogP contribution is 2.17. The lowest BCUT2D eigenvalue weighted by Gasteiger charge is -2.10. The normalized spacial score (nSPS) is 11.6. The Bertz CT molecular complexity index is 840. The first-order valence-electron chi connectivity index (χ1n) is 7.10. The minimum Gasteiger partial charge on any atom is -0.492 e. The zero-order valence-electron chi connectivity index (χ0n) is 13.0. The molecule has 0 aliphatic rings. The van der Waals surface area contributed by atoms with Gasteiger partial charge in [0.2, 0.25) is 0 Å². The van der Waals surface area contributed by atoms with Crippen LogP contribution in [0.4, 0.5) is 0 Å². The molecule has 1 amide bonds.